The van der Waals surface area contributed by atoms with Crippen LogP contribution in [0.5, 0.6) is 0 Å². The summed E-state index contributed by atoms with van der Waals surface area (Å²) in [6.07, 6.45) is 0. The lowest BCUT2D eigenvalue weighted by Crippen LogP contribution is -2.36. The van der Waals surface area contributed by atoms with Crippen LogP contribution in [0, 0.1) is 20.8 Å². The quantitative estimate of drug-likeness (QED) is 0.908. The number of aryl methyl sites for hydroxylation is 2. The van der Waals surface area contributed by atoms with E-state index in [1.165, 1.54) is 5.56 Å². The van der Waals surface area contributed by atoms with Crippen molar-refractivity contribution >= 4 is 5.91 Å². The van der Waals surface area contributed by atoms with Gasteiger partial charge in [0, 0.05) is 31.7 Å². The lowest BCUT2D eigenvalue weighted by atomic mass is 10.1. The molecule has 3 rings (SSSR count). The number of nitrogens with zero attached hydrogens (tertiary/aromatic N) is 1. The Morgan fingerprint density at radius 1 is 1.08 bits per heavy atom. The molecule has 2 aromatic rings. The molecule has 1 amide bonds. The van der Waals surface area contributed by atoms with E-state index in [9.17, 15) is 4.79 Å². The Kier molecular flexibility index (Phi) is 5.56. The van der Waals surface area contributed by atoms with Gasteiger partial charge in [0.1, 0.15) is 11.5 Å². The van der Waals surface area contributed by atoms with Crippen LogP contribution in [0.4, 0.5) is 0 Å². The minimum absolute atomic E-state index is 0.0759. The van der Waals surface area contributed by atoms with E-state index in [0.717, 1.165) is 49.7 Å². The molecule has 0 radical (unpaired) electrons. The number of carbonyl (C=O) groups is 1. The van der Waals surface area contributed by atoms with Gasteiger partial charge < -0.3 is 14.5 Å². The number of morpholine rings is 1. The lowest BCUT2D eigenvalue weighted by molar-refractivity contribution is 0.0340. The van der Waals surface area contributed by atoms with Crippen LogP contribution < -0.4 is 5.32 Å². The first-order chi connectivity index (χ1) is 12.1. The number of hydrogen-bond donors (Lipinski definition) is 1. The van der Waals surface area contributed by atoms with Crippen LogP contribution in [0.25, 0.3) is 0 Å². The van der Waals surface area contributed by atoms with Crippen LogP contribution in [0.2, 0.25) is 0 Å². The normalized spacial score (nSPS) is 15.3. The molecule has 1 aliphatic rings. The van der Waals surface area contributed by atoms with E-state index in [-0.39, 0.29) is 5.91 Å². The maximum absolute atomic E-state index is 12.6. The molecule has 134 valence electrons. The highest BCUT2D eigenvalue weighted by Crippen LogP contribution is 2.21. The largest absolute Gasteiger partial charge is 0.466 e. The van der Waals surface area contributed by atoms with E-state index in [1.807, 2.05) is 26.8 Å². The number of nitrogens with one attached hydrogen (secondary N) is 1. The third kappa shape index (κ3) is 4.11. The molecule has 1 fully saturated rings. The zero-order chi connectivity index (χ0) is 17.8. The van der Waals surface area contributed by atoms with Gasteiger partial charge in [-0.2, -0.15) is 0 Å². The second-order valence-corrected chi connectivity index (χ2v) is 6.55. The van der Waals surface area contributed by atoms with Crippen LogP contribution in [-0.4, -0.2) is 37.1 Å². The number of furan rings is 1. The summed E-state index contributed by atoms with van der Waals surface area (Å²) in [4.78, 5) is 15.0. The van der Waals surface area contributed by atoms with Crippen LogP contribution >= 0.6 is 0 Å². The minimum atomic E-state index is -0.0759. The van der Waals surface area contributed by atoms with Crippen molar-refractivity contribution in [3.8, 4) is 0 Å². The summed E-state index contributed by atoms with van der Waals surface area (Å²) in [5.41, 5.74) is 3.97. The summed E-state index contributed by atoms with van der Waals surface area (Å²) in [7, 11) is 0. The second-order valence-electron chi connectivity index (χ2n) is 6.55. The molecule has 1 N–H and O–H groups in total. The minimum Gasteiger partial charge on any atom is -0.466 e. The summed E-state index contributed by atoms with van der Waals surface area (Å²) < 4.78 is 11.0. The van der Waals surface area contributed by atoms with E-state index in [2.05, 4.69) is 28.4 Å². The van der Waals surface area contributed by atoms with Crippen molar-refractivity contribution in [2.45, 2.75) is 33.9 Å². The van der Waals surface area contributed by atoms with Crippen molar-refractivity contribution < 1.29 is 13.9 Å². The van der Waals surface area contributed by atoms with Crippen LogP contribution in [0.3, 0.4) is 0 Å². The molecule has 0 bridgehead atoms. The maximum atomic E-state index is 12.6. The smallest absolute Gasteiger partial charge is 0.255 e. The van der Waals surface area contributed by atoms with E-state index in [1.54, 1.807) is 0 Å². The number of rotatable bonds is 5. The topological polar surface area (TPSA) is 54.7 Å². The standard InChI is InChI=1S/C20H26N2O3/c1-14-15(2)25-16(3)19(14)20(23)21-12-17-6-4-5-7-18(17)13-22-8-10-24-11-9-22/h4-7H,8-13H2,1-3H3,(H,21,23). The van der Waals surface area contributed by atoms with Gasteiger partial charge in [-0.25, -0.2) is 0 Å². The Labute approximate surface area is 149 Å². The van der Waals surface area contributed by atoms with Gasteiger partial charge in [-0.05, 0) is 31.9 Å². The fourth-order valence-corrected chi connectivity index (χ4v) is 3.28. The highest BCUT2D eigenvalue weighted by molar-refractivity contribution is 5.96. The molecule has 0 spiro atoms. The van der Waals surface area contributed by atoms with Crippen LogP contribution in [0.15, 0.2) is 28.7 Å². The third-order valence-corrected chi connectivity index (χ3v) is 4.84. The predicted octanol–water partition coefficient (Wildman–Crippen LogP) is 2.97. The van der Waals surface area contributed by atoms with Crippen molar-refractivity contribution in [1.82, 2.24) is 10.2 Å². The van der Waals surface area contributed by atoms with E-state index in [4.69, 9.17) is 9.15 Å². The van der Waals surface area contributed by atoms with Gasteiger partial charge in [0.2, 0.25) is 0 Å². The van der Waals surface area contributed by atoms with Crippen LogP contribution in [-0.2, 0) is 17.8 Å². The first-order valence-electron chi connectivity index (χ1n) is 8.78. The number of ether oxygens (including phenoxy) is 1. The molecule has 2 heterocycles. The number of hydrogen-bond acceptors (Lipinski definition) is 4. The Bertz CT molecular complexity index is 745. The highest BCUT2D eigenvalue weighted by Gasteiger charge is 2.19. The highest BCUT2D eigenvalue weighted by atomic mass is 16.5. The molecule has 0 unspecified atom stereocenters. The van der Waals surface area contributed by atoms with E-state index < -0.39 is 0 Å². The number of carbonyl (C=O) groups excluding carboxylic acids is 1. The fraction of sp³-hybridized carbons (Fsp3) is 0.450. The lowest BCUT2D eigenvalue weighted by Gasteiger charge is -2.27. The Morgan fingerprint density at radius 2 is 1.76 bits per heavy atom. The zero-order valence-electron chi connectivity index (χ0n) is 15.2. The summed E-state index contributed by atoms with van der Waals surface area (Å²) >= 11 is 0. The van der Waals surface area contributed by atoms with Gasteiger partial charge in [-0.1, -0.05) is 24.3 Å². The predicted molar refractivity (Wildman–Crippen MR) is 96.6 cm³/mol. The fourth-order valence-electron chi connectivity index (χ4n) is 3.28. The van der Waals surface area contributed by atoms with Crippen LogP contribution in [0.1, 0.15) is 38.6 Å². The molecule has 5 heteroatoms. The van der Waals surface area contributed by atoms with Gasteiger partial charge in [0.15, 0.2) is 0 Å². The average Bonchev–Trinajstić information content (AvgIpc) is 2.87. The maximum Gasteiger partial charge on any atom is 0.255 e. The molecule has 0 aliphatic carbocycles. The van der Waals surface area contributed by atoms with Crippen molar-refractivity contribution in [1.29, 1.82) is 0 Å². The number of benzene rings is 1. The zero-order valence-corrected chi connectivity index (χ0v) is 15.2. The molecule has 1 aromatic heterocycles. The Morgan fingerprint density at radius 3 is 2.40 bits per heavy atom. The first kappa shape index (κ1) is 17.7. The van der Waals surface area contributed by atoms with Gasteiger partial charge in [0.05, 0.1) is 18.8 Å². The van der Waals surface area contributed by atoms with Crippen molar-refractivity contribution in [3.05, 3.63) is 58.0 Å². The van der Waals surface area contributed by atoms with Crippen molar-refractivity contribution in [3.63, 3.8) is 0 Å². The van der Waals surface area contributed by atoms with Gasteiger partial charge in [-0.15, -0.1) is 0 Å². The van der Waals surface area contributed by atoms with Gasteiger partial charge in [-0.3, -0.25) is 9.69 Å². The molecule has 0 saturated carbocycles. The van der Waals surface area contributed by atoms with Crippen molar-refractivity contribution in [2.75, 3.05) is 26.3 Å². The Hall–Kier alpha value is -2.11. The Balaban J connectivity index is 1.67. The van der Waals surface area contributed by atoms with Crippen molar-refractivity contribution in [2.24, 2.45) is 0 Å². The molecule has 1 aliphatic heterocycles. The molecular formula is C20H26N2O3. The van der Waals surface area contributed by atoms with E-state index in [0.29, 0.717) is 17.9 Å². The molecule has 0 atom stereocenters. The SMILES string of the molecule is Cc1oc(C)c(C(=O)NCc2ccccc2CN2CCOCC2)c1C. The molecule has 1 aromatic carbocycles. The monoisotopic (exact) mass is 342 g/mol. The summed E-state index contributed by atoms with van der Waals surface area (Å²) in [6, 6.07) is 8.28. The average molecular weight is 342 g/mol. The molecule has 25 heavy (non-hydrogen) atoms. The van der Waals surface area contributed by atoms with Gasteiger partial charge >= 0.3 is 0 Å². The summed E-state index contributed by atoms with van der Waals surface area (Å²) in [5.74, 6) is 1.40. The summed E-state index contributed by atoms with van der Waals surface area (Å²) in [5, 5.41) is 3.05. The number of amides is 1. The third-order valence-electron chi connectivity index (χ3n) is 4.84. The first-order valence-corrected chi connectivity index (χ1v) is 8.78. The molecular weight excluding hydrogens is 316 g/mol. The molecule has 1 saturated heterocycles. The molecule has 5 nitrogen and oxygen atoms in total. The van der Waals surface area contributed by atoms with E-state index >= 15 is 0 Å². The van der Waals surface area contributed by atoms with Gasteiger partial charge in [0.25, 0.3) is 5.91 Å². The second kappa shape index (κ2) is 7.85. The summed E-state index contributed by atoms with van der Waals surface area (Å²) in [6.45, 7) is 10.5.